The van der Waals surface area contributed by atoms with Crippen LogP contribution in [0.25, 0.3) is 11.3 Å². The van der Waals surface area contributed by atoms with Crippen molar-refractivity contribution in [2.75, 3.05) is 31.1 Å². The van der Waals surface area contributed by atoms with E-state index in [4.69, 9.17) is 0 Å². The number of alkyl halides is 6. The number of aryl methyl sites for hydroxylation is 1. The molecule has 1 aliphatic rings. The Hall–Kier alpha value is -3.27. The maximum absolute atomic E-state index is 13.5. The lowest BCUT2D eigenvalue weighted by Gasteiger charge is -2.41. The molecule has 0 aliphatic carbocycles. The number of aromatic nitrogens is 5. The molecule has 0 saturated carbocycles. The van der Waals surface area contributed by atoms with E-state index < -0.39 is 35.8 Å². The van der Waals surface area contributed by atoms with E-state index in [2.05, 4.69) is 20.1 Å². The van der Waals surface area contributed by atoms with Crippen molar-refractivity contribution in [3.8, 4) is 11.3 Å². The van der Waals surface area contributed by atoms with Crippen molar-refractivity contribution in [1.82, 2.24) is 29.6 Å². The van der Waals surface area contributed by atoms with E-state index in [0.717, 1.165) is 18.1 Å². The highest BCUT2D eigenvalue weighted by Crippen LogP contribution is 2.43. The molecule has 200 valence electrons. The summed E-state index contributed by atoms with van der Waals surface area (Å²) in [6.45, 7) is 1.58. The number of hydrogen-bond donors (Lipinski definition) is 1. The summed E-state index contributed by atoms with van der Waals surface area (Å²) in [5.41, 5.74) is 0.451. The minimum atomic E-state index is -4.81. The monoisotopic (exact) mass is 549 g/mol. The molecule has 0 bridgehead atoms. The lowest BCUT2D eigenvalue weighted by Crippen LogP contribution is -2.57. The van der Waals surface area contributed by atoms with Gasteiger partial charge in [-0.1, -0.05) is 18.3 Å². The van der Waals surface area contributed by atoms with Crippen LogP contribution in [-0.2, 0) is 30.1 Å². The number of amides is 1. The van der Waals surface area contributed by atoms with Crippen LogP contribution in [0, 0.1) is 0 Å². The lowest BCUT2D eigenvalue weighted by atomic mass is 10.1. The van der Waals surface area contributed by atoms with E-state index in [9.17, 15) is 36.2 Å². The Bertz CT molecular complexity index is 1240. The van der Waals surface area contributed by atoms with E-state index in [-0.39, 0.29) is 48.3 Å². The van der Waals surface area contributed by atoms with Gasteiger partial charge in [-0.15, -0.1) is 0 Å². The number of anilines is 1. The van der Waals surface area contributed by atoms with E-state index in [0.29, 0.717) is 17.8 Å². The molecule has 1 aliphatic heterocycles. The number of hydrogen-bond acceptors (Lipinski definition) is 8. The molecule has 3 aromatic rings. The molecule has 1 saturated heterocycles. The van der Waals surface area contributed by atoms with Gasteiger partial charge in [-0.3, -0.25) is 9.48 Å². The predicted octanol–water partition coefficient (Wildman–Crippen LogP) is 3.11. The van der Waals surface area contributed by atoms with Crippen LogP contribution in [0.2, 0.25) is 0 Å². The van der Waals surface area contributed by atoms with Crippen molar-refractivity contribution in [3.63, 3.8) is 0 Å². The summed E-state index contributed by atoms with van der Waals surface area (Å²) >= 11 is 0.320. The molecule has 9 nitrogen and oxygen atoms in total. The van der Waals surface area contributed by atoms with Gasteiger partial charge >= 0.3 is 12.4 Å². The van der Waals surface area contributed by atoms with Crippen LogP contribution in [0.15, 0.2) is 24.7 Å². The molecule has 1 unspecified atom stereocenters. The molecule has 3 aromatic heterocycles. The summed E-state index contributed by atoms with van der Waals surface area (Å²) in [6.07, 6.45) is -5.71. The topological polar surface area (TPSA) is 100 Å². The second-order valence-corrected chi connectivity index (χ2v) is 9.17. The smallest absolute Gasteiger partial charge is 0.394 e. The van der Waals surface area contributed by atoms with Gasteiger partial charge in [0.15, 0.2) is 0 Å². The molecule has 0 radical (unpaired) electrons. The summed E-state index contributed by atoms with van der Waals surface area (Å²) in [5.74, 6) is -1.75. The molecule has 1 amide bonds. The van der Waals surface area contributed by atoms with Crippen LogP contribution in [0.4, 0.5) is 31.3 Å². The Labute approximate surface area is 210 Å². The first-order valence-electron chi connectivity index (χ1n) is 11.1. The van der Waals surface area contributed by atoms with Crippen molar-refractivity contribution in [2.24, 2.45) is 0 Å². The first-order chi connectivity index (χ1) is 17.4. The molecule has 4 rings (SSSR count). The standard InChI is InChI=1S/C21H21F6N7O2S/c1-2-13-3-4-33(31-13)10-15(36)34-6-5-32(9-14(34)11-35)17-16(30-19(37-17)21(25,26)27)12-7-28-18(29-8-12)20(22,23)24/h3-4,7-8,14,35H,2,5-6,9-11H2,1H3. The third kappa shape index (κ3) is 5.84. The molecule has 4 heterocycles. The highest BCUT2D eigenvalue weighted by Gasteiger charge is 2.39. The van der Waals surface area contributed by atoms with Gasteiger partial charge in [0.2, 0.25) is 16.7 Å². The van der Waals surface area contributed by atoms with Crippen molar-refractivity contribution in [2.45, 2.75) is 38.3 Å². The fourth-order valence-electron chi connectivity index (χ4n) is 3.87. The largest absolute Gasteiger partial charge is 0.451 e. The maximum atomic E-state index is 13.5. The van der Waals surface area contributed by atoms with E-state index in [1.165, 1.54) is 14.5 Å². The van der Waals surface area contributed by atoms with Crippen molar-refractivity contribution in [1.29, 1.82) is 0 Å². The lowest BCUT2D eigenvalue weighted by molar-refractivity contribution is -0.145. The highest BCUT2D eigenvalue weighted by atomic mass is 32.1. The summed E-state index contributed by atoms with van der Waals surface area (Å²) in [7, 11) is 0. The second kappa shape index (κ2) is 10.2. The minimum Gasteiger partial charge on any atom is -0.394 e. The van der Waals surface area contributed by atoms with Gasteiger partial charge in [0, 0.05) is 43.8 Å². The van der Waals surface area contributed by atoms with E-state index in [1.54, 1.807) is 12.3 Å². The van der Waals surface area contributed by atoms with Gasteiger partial charge in [-0.05, 0) is 12.5 Å². The van der Waals surface area contributed by atoms with Crippen LogP contribution in [-0.4, -0.2) is 72.9 Å². The second-order valence-electron chi connectivity index (χ2n) is 8.19. The number of rotatable bonds is 6. The molecule has 16 heteroatoms. The Kier molecular flexibility index (Phi) is 7.41. The third-order valence-corrected chi connectivity index (χ3v) is 6.85. The van der Waals surface area contributed by atoms with Crippen molar-refractivity contribution in [3.05, 3.63) is 41.2 Å². The SMILES string of the molecule is CCc1ccn(CC(=O)N2CCN(c3sc(C(F)(F)F)nc3-c3cnc(C(F)(F)F)nc3)CC2CO)n1. The highest BCUT2D eigenvalue weighted by molar-refractivity contribution is 7.16. The molecular formula is C21H21F6N7O2S. The summed E-state index contributed by atoms with van der Waals surface area (Å²) < 4.78 is 80.4. The number of thiazole rings is 1. The summed E-state index contributed by atoms with van der Waals surface area (Å²) in [6, 6.07) is 1.04. The fraction of sp³-hybridized carbons (Fsp3) is 0.476. The third-order valence-electron chi connectivity index (χ3n) is 5.69. The molecule has 1 N–H and O–H groups in total. The average molecular weight is 550 g/mol. The van der Waals surface area contributed by atoms with E-state index >= 15 is 0 Å². The van der Waals surface area contributed by atoms with Gasteiger partial charge in [0.1, 0.15) is 17.2 Å². The van der Waals surface area contributed by atoms with Gasteiger partial charge in [-0.25, -0.2) is 15.0 Å². The van der Waals surface area contributed by atoms with Crippen LogP contribution in [0.1, 0.15) is 23.4 Å². The van der Waals surface area contributed by atoms with Crippen LogP contribution >= 0.6 is 11.3 Å². The van der Waals surface area contributed by atoms with Gasteiger partial charge in [0.05, 0.1) is 18.3 Å². The number of carbonyl (C=O) groups is 1. The first-order valence-corrected chi connectivity index (χ1v) is 11.9. The predicted molar refractivity (Wildman–Crippen MR) is 120 cm³/mol. The van der Waals surface area contributed by atoms with Gasteiger partial charge in [0.25, 0.3) is 0 Å². The van der Waals surface area contributed by atoms with Crippen LogP contribution in [0.5, 0.6) is 0 Å². The van der Waals surface area contributed by atoms with Crippen molar-refractivity contribution >= 4 is 22.2 Å². The zero-order valence-corrected chi connectivity index (χ0v) is 20.1. The number of halogens is 6. The number of piperazine rings is 1. The molecule has 37 heavy (non-hydrogen) atoms. The van der Waals surface area contributed by atoms with Gasteiger partial charge < -0.3 is 14.9 Å². The minimum absolute atomic E-state index is 0.0183. The fourth-order valence-corrected chi connectivity index (χ4v) is 4.86. The van der Waals surface area contributed by atoms with Crippen LogP contribution < -0.4 is 4.90 Å². The first kappa shape index (κ1) is 26.8. The van der Waals surface area contributed by atoms with Crippen molar-refractivity contribution < 1.29 is 36.2 Å². The Balaban J connectivity index is 1.58. The molecule has 1 fully saturated rings. The Morgan fingerprint density at radius 2 is 1.84 bits per heavy atom. The van der Waals surface area contributed by atoms with E-state index in [1.807, 2.05) is 6.92 Å². The molecular weight excluding hydrogens is 528 g/mol. The zero-order chi connectivity index (χ0) is 27.0. The summed E-state index contributed by atoms with van der Waals surface area (Å²) in [5, 5.41) is 13.1. The Morgan fingerprint density at radius 1 is 1.14 bits per heavy atom. The van der Waals surface area contributed by atoms with Crippen LogP contribution in [0.3, 0.4) is 0 Å². The average Bonchev–Trinajstić information content (AvgIpc) is 3.50. The number of carbonyl (C=O) groups excluding carboxylic acids is 1. The molecule has 1 atom stereocenters. The Morgan fingerprint density at radius 3 is 2.41 bits per heavy atom. The zero-order valence-electron chi connectivity index (χ0n) is 19.3. The molecule has 0 spiro atoms. The normalized spacial score (nSPS) is 16.9. The number of aliphatic hydroxyl groups is 1. The van der Waals surface area contributed by atoms with Gasteiger partial charge in [-0.2, -0.15) is 31.4 Å². The number of aliphatic hydroxyl groups excluding tert-OH is 1. The quantitative estimate of drug-likeness (QED) is 0.472. The maximum Gasteiger partial charge on any atom is 0.451 e. The number of nitrogens with zero attached hydrogens (tertiary/aromatic N) is 7. The summed E-state index contributed by atoms with van der Waals surface area (Å²) in [4.78, 5) is 25.9. The molecule has 0 aromatic carbocycles.